The lowest BCUT2D eigenvalue weighted by molar-refractivity contribution is -0.125. The van der Waals surface area contributed by atoms with Crippen LogP contribution in [0.15, 0.2) is 24.3 Å². The van der Waals surface area contributed by atoms with E-state index >= 15 is 0 Å². The number of hydrogen-bond acceptors (Lipinski definition) is 3. The molecule has 1 aromatic carbocycles. The van der Waals surface area contributed by atoms with Crippen molar-refractivity contribution in [1.29, 1.82) is 0 Å². The van der Waals surface area contributed by atoms with Gasteiger partial charge < -0.3 is 9.47 Å². The molecule has 1 aromatic rings. The number of benzene rings is 1. The minimum Gasteiger partial charge on any atom is -0.376 e. The van der Waals surface area contributed by atoms with Gasteiger partial charge in [0, 0.05) is 13.0 Å². The van der Waals surface area contributed by atoms with Crippen molar-refractivity contribution in [1.82, 2.24) is 0 Å². The third-order valence-electron chi connectivity index (χ3n) is 3.16. The fourth-order valence-electron chi connectivity index (χ4n) is 2.12. The van der Waals surface area contributed by atoms with Crippen molar-refractivity contribution in [3.05, 3.63) is 35.6 Å². The van der Waals surface area contributed by atoms with Gasteiger partial charge in [-0.3, -0.25) is 4.79 Å². The predicted octanol–water partition coefficient (Wildman–Crippen LogP) is 2.52. The summed E-state index contributed by atoms with van der Waals surface area (Å²) in [6, 6.07) is 5.97. The maximum atomic E-state index is 12.7. The van der Waals surface area contributed by atoms with Crippen LogP contribution in [0, 0.1) is 5.82 Å². The first-order valence-electron chi connectivity index (χ1n) is 6.69. The van der Waals surface area contributed by atoms with E-state index in [1.807, 2.05) is 0 Å². The zero-order valence-corrected chi connectivity index (χ0v) is 10.9. The molecule has 0 aliphatic carbocycles. The summed E-state index contributed by atoms with van der Waals surface area (Å²) in [6.45, 7) is 1.37. The van der Waals surface area contributed by atoms with Gasteiger partial charge in [-0.1, -0.05) is 12.1 Å². The lowest BCUT2D eigenvalue weighted by Crippen LogP contribution is -2.26. The topological polar surface area (TPSA) is 35.5 Å². The molecule has 1 atom stereocenters. The molecule has 0 aromatic heterocycles. The third kappa shape index (κ3) is 5.09. The molecule has 1 saturated heterocycles. The van der Waals surface area contributed by atoms with Crippen molar-refractivity contribution < 1.29 is 18.7 Å². The summed E-state index contributed by atoms with van der Waals surface area (Å²) in [5, 5.41) is 0. The minimum atomic E-state index is -0.290. The first kappa shape index (κ1) is 14.2. The Morgan fingerprint density at radius 3 is 2.79 bits per heavy atom. The molecule has 19 heavy (non-hydrogen) atoms. The van der Waals surface area contributed by atoms with E-state index in [1.165, 1.54) is 12.1 Å². The van der Waals surface area contributed by atoms with Crippen LogP contribution >= 0.6 is 0 Å². The number of rotatable bonds is 6. The molecule has 0 radical (unpaired) electrons. The van der Waals surface area contributed by atoms with E-state index in [4.69, 9.17) is 9.47 Å². The number of ketones is 1. The van der Waals surface area contributed by atoms with Crippen molar-refractivity contribution in [2.75, 3.05) is 19.8 Å². The van der Waals surface area contributed by atoms with Crippen LogP contribution in [0.1, 0.15) is 24.8 Å². The van der Waals surface area contributed by atoms with Gasteiger partial charge in [-0.15, -0.1) is 0 Å². The van der Waals surface area contributed by atoms with Gasteiger partial charge in [0.25, 0.3) is 0 Å². The summed E-state index contributed by atoms with van der Waals surface area (Å²) >= 11 is 0. The summed E-state index contributed by atoms with van der Waals surface area (Å²) in [5.74, 6) is -0.288. The number of halogens is 1. The molecule has 104 valence electrons. The molecule has 1 heterocycles. The molecule has 0 N–H and O–H groups in total. The highest BCUT2D eigenvalue weighted by Crippen LogP contribution is 2.12. The van der Waals surface area contributed by atoms with Crippen LogP contribution in [0.4, 0.5) is 4.39 Å². The Morgan fingerprint density at radius 2 is 2.11 bits per heavy atom. The Hall–Kier alpha value is -1.26. The van der Waals surface area contributed by atoms with Crippen molar-refractivity contribution >= 4 is 5.78 Å². The van der Waals surface area contributed by atoms with E-state index in [0.29, 0.717) is 6.61 Å². The Bertz CT molecular complexity index is 396. The SMILES string of the molecule is O=C(COCC1CCCCO1)Cc1ccc(F)cc1. The number of carbonyl (C=O) groups is 1. The normalized spacial score (nSPS) is 19.3. The van der Waals surface area contributed by atoms with Gasteiger partial charge in [0.2, 0.25) is 0 Å². The quantitative estimate of drug-likeness (QED) is 0.793. The molecule has 1 aliphatic rings. The molecule has 1 unspecified atom stereocenters. The molecule has 0 bridgehead atoms. The van der Waals surface area contributed by atoms with Gasteiger partial charge in [-0.2, -0.15) is 0 Å². The molecule has 0 amide bonds. The average Bonchev–Trinajstić information content (AvgIpc) is 2.43. The van der Waals surface area contributed by atoms with Crippen LogP contribution < -0.4 is 0 Å². The molecule has 3 nitrogen and oxygen atoms in total. The van der Waals surface area contributed by atoms with Gasteiger partial charge in [0.15, 0.2) is 5.78 Å². The van der Waals surface area contributed by atoms with E-state index in [1.54, 1.807) is 12.1 Å². The maximum Gasteiger partial charge on any atom is 0.162 e. The fourth-order valence-corrected chi connectivity index (χ4v) is 2.12. The van der Waals surface area contributed by atoms with Gasteiger partial charge in [-0.05, 0) is 37.0 Å². The summed E-state index contributed by atoms with van der Waals surface area (Å²) in [7, 11) is 0. The Kier molecular flexibility index (Phi) is 5.48. The molecule has 2 rings (SSSR count). The van der Waals surface area contributed by atoms with Crippen molar-refractivity contribution in [2.24, 2.45) is 0 Å². The van der Waals surface area contributed by atoms with Crippen molar-refractivity contribution in [3.63, 3.8) is 0 Å². The van der Waals surface area contributed by atoms with Crippen LogP contribution in [0.3, 0.4) is 0 Å². The number of ether oxygens (including phenoxy) is 2. The van der Waals surface area contributed by atoms with Gasteiger partial charge in [-0.25, -0.2) is 4.39 Å². The largest absolute Gasteiger partial charge is 0.376 e. The molecule has 0 saturated carbocycles. The molecular formula is C15H19FO3. The van der Waals surface area contributed by atoms with Crippen LogP contribution in [-0.4, -0.2) is 31.7 Å². The second-order valence-electron chi connectivity index (χ2n) is 4.85. The van der Waals surface area contributed by atoms with Crippen LogP contribution in [0.5, 0.6) is 0 Å². The van der Waals surface area contributed by atoms with Crippen LogP contribution in [-0.2, 0) is 20.7 Å². The standard InChI is InChI=1S/C15H19FO3/c16-13-6-4-12(5-7-13)9-14(17)10-18-11-15-3-1-2-8-19-15/h4-7,15H,1-3,8-11H2. The van der Waals surface area contributed by atoms with Crippen LogP contribution in [0.25, 0.3) is 0 Å². The second-order valence-corrected chi connectivity index (χ2v) is 4.85. The van der Waals surface area contributed by atoms with Gasteiger partial charge in [0.1, 0.15) is 12.4 Å². The molecule has 0 spiro atoms. The Morgan fingerprint density at radius 1 is 1.32 bits per heavy atom. The van der Waals surface area contributed by atoms with E-state index in [9.17, 15) is 9.18 Å². The Labute approximate surface area is 112 Å². The van der Waals surface area contributed by atoms with Crippen molar-refractivity contribution in [2.45, 2.75) is 31.8 Å². The zero-order chi connectivity index (χ0) is 13.5. The fraction of sp³-hybridized carbons (Fsp3) is 0.533. The number of hydrogen-bond donors (Lipinski definition) is 0. The molecular weight excluding hydrogens is 247 g/mol. The zero-order valence-electron chi connectivity index (χ0n) is 10.9. The lowest BCUT2D eigenvalue weighted by atomic mass is 10.1. The average molecular weight is 266 g/mol. The Balaban J connectivity index is 1.65. The van der Waals surface area contributed by atoms with E-state index < -0.39 is 0 Å². The maximum absolute atomic E-state index is 12.7. The van der Waals surface area contributed by atoms with Crippen molar-refractivity contribution in [3.8, 4) is 0 Å². The first-order valence-corrected chi connectivity index (χ1v) is 6.69. The van der Waals surface area contributed by atoms with E-state index in [-0.39, 0.29) is 30.7 Å². The highest BCUT2D eigenvalue weighted by atomic mass is 19.1. The lowest BCUT2D eigenvalue weighted by Gasteiger charge is -2.22. The smallest absolute Gasteiger partial charge is 0.162 e. The first-order chi connectivity index (χ1) is 9.24. The molecule has 1 fully saturated rings. The summed E-state index contributed by atoms with van der Waals surface area (Å²) in [4.78, 5) is 11.7. The summed E-state index contributed by atoms with van der Waals surface area (Å²) in [6.07, 6.45) is 3.70. The predicted molar refractivity (Wildman–Crippen MR) is 69.5 cm³/mol. The second kappa shape index (κ2) is 7.36. The molecule has 4 heteroatoms. The molecule has 1 aliphatic heterocycles. The van der Waals surface area contributed by atoms with Gasteiger partial charge >= 0.3 is 0 Å². The number of Topliss-reactive ketones (excluding diaryl/α,β-unsaturated/α-hetero) is 1. The number of carbonyl (C=O) groups excluding carboxylic acids is 1. The highest BCUT2D eigenvalue weighted by Gasteiger charge is 2.14. The van der Waals surface area contributed by atoms with Gasteiger partial charge in [0.05, 0.1) is 12.7 Å². The van der Waals surface area contributed by atoms with E-state index in [0.717, 1.165) is 31.4 Å². The highest BCUT2D eigenvalue weighted by molar-refractivity contribution is 5.82. The summed E-state index contributed by atoms with van der Waals surface area (Å²) < 4.78 is 23.6. The minimum absolute atomic E-state index is 0.00224. The monoisotopic (exact) mass is 266 g/mol. The van der Waals surface area contributed by atoms with Crippen LogP contribution in [0.2, 0.25) is 0 Å². The summed E-state index contributed by atoms with van der Waals surface area (Å²) in [5.41, 5.74) is 0.809. The third-order valence-corrected chi connectivity index (χ3v) is 3.16. The van der Waals surface area contributed by atoms with E-state index in [2.05, 4.69) is 0 Å².